The highest BCUT2D eigenvalue weighted by Crippen LogP contribution is 2.35. The maximum absolute atomic E-state index is 11.0. The van der Waals surface area contributed by atoms with E-state index >= 15 is 0 Å². The number of carbonyl (C=O) groups is 1. The average Bonchev–Trinajstić information content (AvgIpc) is 3.11. The molecule has 2 aliphatic rings. The molecule has 1 amide bonds. The van der Waals surface area contributed by atoms with Crippen molar-refractivity contribution in [2.75, 3.05) is 33.8 Å². The number of carboxylic acid groups (broad SMARTS) is 1. The fourth-order valence-electron chi connectivity index (χ4n) is 4.12. The first-order valence-corrected chi connectivity index (χ1v) is 10.4. The van der Waals surface area contributed by atoms with Gasteiger partial charge in [-0.3, -0.25) is 0 Å². The van der Waals surface area contributed by atoms with E-state index in [0.717, 1.165) is 63.8 Å². The van der Waals surface area contributed by atoms with Crippen LogP contribution in [0.25, 0.3) is 0 Å². The average molecular weight is 395 g/mol. The van der Waals surface area contributed by atoms with Gasteiger partial charge in [0.05, 0.1) is 11.8 Å². The first kappa shape index (κ1) is 21.1. The molecule has 2 fully saturated rings. The number of hydrogen-bond acceptors (Lipinski definition) is 5. The number of amides is 1. The molecule has 3 rings (SSSR count). The first-order chi connectivity index (χ1) is 13.4. The molecule has 0 aromatic carbocycles. The molecule has 0 radical (unpaired) electrons. The second-order valence-electron chi connectivity index (χ2n) is 8.29. The highest BCUT2D eigenvalue weighted by atomic mass is 16.5. The van der Waals surface area contributed by atoms with Crippen LogP contribution in [0.3, 0.4) is 0 Å². The lowest BCUT2D eigenvalue weighted by atomic mass is 9.84. The van der Waals surface area contributed by atoms with Crippen LogP contribution >= 0.6 is 0 Å². The summed E-state index contributed by atoms with van der Waals surface area (Å²) in [5.41, 5.74) is 2.32. The van der Waals surface area contributed by atoms with Gasteiger partial charge in [-0.25, -0.2) is 9.48 Å². The molecule has 1 aliphatic heterocycles. The zero-order valence-electron chi connectivity index (χ0n) is 17.1. The highest BCUT2D eigenvalue weighted by Gasteiger charge is 2.27. The lowest BCUT2D eigenvalue weighted by Crippen LogP contribution is -2.33. The summed E-state index contributed by atoms with van der Waals surface area (Å²) < 4.78 is 7.91. The van der Waals surface area contributed by atoms with Crippen LogP contribution in [-0.2, 0) is 11.3 Å². The molecule has 1 aromatic heterocycles. The van der Waals surface area contributed by atoms with E-state index < -0.39 is 6.09 Å². The first-order valence-electron chi connectivity index (χ1n) is 10.4. The van der Waals surface area contributed by atoms with Gasteiger partial charge >= 0.3 is 6.09 Å². The Hall–Kier alpha value is -1.64. The Labute approximate surface area is 167 Å². The van der Waals surface area contributed by atoms with E-state index in [-0.39, 0.29) is 12.3 Å². The fourth-order valence-corrected chi connectivity index (χ4v) is 4.12. The maximum atomic E-state index is 11.0. The summed E-state index contributed by atoms with van der Waals surface area (Å²) >= 11 is 0. The van der Waals surface area contributed by atoms with E-state index in [9.17, 15) is 9.90 Å². The lowest BCUT2D eigenvalue weighted by Gasteiger charge is -2.26. The van der Waals surface area contributed by atoms with Crippen LogP contribution < -0.4 is 0 Å². The van der Waals surface area contributed by atoms with E-state index in [2.05, 4.69) is 11.1 Å². The molecule has 1 saturated carbocycles. The summed E-state index contributed by atoms with van der Waals surface area (Å²) in [6, 6.07) is 0. The normalized spacial score (nSPS) is 25.8. The number of hydrogen-bond donors (Lipinski definition) is 2. The summed E-state index contributed by atoms with van der Waals surface area (Å²) in [5.74, 6) is 0.373. The quantitative estimate of drug-likeness (QED) is 0.739. The van der Waals surface area contributed by atoms with Crippen molar-refractivity contribution in [1.82, 2.24) is 19.6 Å². The third kappa shape index (κ3) is 5.46. The standard InChI is InChI=1S/C20H34N4O4/c1-22(10-11-23(2)20(26)27)13-16-14-24(18-5-3-4-12-28-18)21-19(16)15-6-8-17(25)9-7-15/h14-15,17-18,25H,3-13H2,1-2H3,(H,26,27). The monoisotopic (exact) mass is 394 g/mol. The molecule has 158 valence electrons. The SMILES string of the molecule is CN(CCN(C)C(=O)O)Cc1cn(C2CCCCO2)nc1C1CCC(O)CC1. The molecule has 1 saturated heterocycles. The van der Waals surface area contributed by atoms with Gasteiger partial charge in [0.1, 0.15) is 6.23 Å². The van der Waals surface area contributed by atoms with Crippen LogP contribution in [0, 0.1) is 0 Å². The van der Waals surface area contributed by atoms with Crippen molar-refractivity contribution in [1.29, 1.82) is 0 Å². The molecule has 0 bridgehead atoms. The van der Waals surface area contributed by atoms with Gasteiger partial charge in [-0.1, -0.05) is 0 Å². The van der Waals surface area contributed by atoms with Crippen molar-refractivity contribution in [3.05, 3.63) is 17.5 Å². The molecule has 2 N–H and O–H groups in total. The van der Waals surface area contributed by atoms with Crippen LogP contribution in [0.4, 0.5) is 4.79 Å². The Morgan fingerprint density at radius 3 is 2.61 bits per heavy atom. The Bertz CT molecular complexity index is 636. The molecule has 28 heavy (non-hydrogen) atoms. The molecular formula is C20H34N4O4. The molecule has 8 nitrogen and oxygen atoms in total. The molecule has 8 heteroatoms. The number of aromatic nitrogens is 2. The summed E-state index contributed by atoms with van der Waals surface area (Å²) in [4.78, 5) is 14.4. The molecular weight excluding hydrogens is 360 g/mol. The third-order valence-corrected chi connectivity index (χ3v) is 5.96. The van der Waals surface area contributed by atoms with Crippen LogP contribution in [-0.4, -0.2) is 75.8 Å². The summed E-state index contributed by atoms with van der Waals surface area (Å²) in [7, 11) is 3.60. The highest BCUT2D eigenvalue weighted by molar-refractivity contribution is 5.64. The minimum absolute atomic E-state index is 0.0129. The second kappa shape index (κ2) is 9.71. The predicted molar refractivity (Wildman–Crippen MR) is 105 cm³/mol. The number of nitrogens with zero attached hydrogens (tertiary/aromatic N) is 4. The second-order valence-corrected chi connectivity index (χ2v) is 8.29. The van der Waals surface area contributed by atoms with E-state index in [1.54, 1.807) is 7.05 Å². The number of likely N-dealkylation sites (N-methyl/N-ethyl adjacent to an activating group) is 2. The van der Waals surface area contributed by atoms with Gasteiger partial charge in [0.2, 0.25) is 0 Å². The number of ether oxygens (including phenoxy) is 1. The van der Waals surface area contributed by atoms with Gasteiger partial charge in [0.25, 0.3) is 0 Å². The zero-order valence-corrected chi connectivity index (χ0v) is 17.1. The van der Waals surface area contributed by atoms with Gasteiger partial charge in [0, 0.05) is 51.0 Å². The minimum Gasteiger partial charge on any atom is -0.465 e. The van der Waals surface area contributed by atoms with Crippen molar-refractivity contribution >= 4 is 6.09 Å². The van der Waals surface area contributed by atoms with Crippen LogP contribution in [0.5, 0.6) is 0 Å². The summed E-state index contributed by atoms with van der Waals surface area (Å²) in [6.45, 7) is 2.65. The van der Waals surface area contributed by atoms with Gasteiger partial charge in [-0.05, 0) is 52.0 Å². The van der Waals surface area contributed by atoms with Gasteiger partial charge < -0.3 is 24.7 Å². The molecule has 0 spiro atoms. The predicted octanol–water partition coefficient (Wildman–Crippen LogP) is 2.64. The van der Waals surface area contributed by atoms with Crippen molar-refractivity contribution in [2.24, 2.45) is 0 Å². The molecule has 1 unspecified atom stereocenters. The Morgan fingerprint density at radius 2 is 1.96 bits per heavy atom. The maximum Gasteiger partial charge on any atom is 0.407 e. The van der Waals surface area contributed by atoms with Crippen molar-refractivity contribution in [3.63, 3.8) is 0 Å². The lowest BCUT2D eigenvalue weighted by molar-refractivity contribution is -0.0398. The molecule has 2 heterocycles. The fraction of sp³-hybridized carbons (Fsp3) is 0.800. The Kier molecular flexibility index (Phi) is 7.31. The zero-order chi connectivity index (χ0) is 20.1. The smallest absolute Gasteiger partial charge is 0.407 e. The number of rotatable bonds is 7. The Balaban J connectivity index is 1.71. The van der Waals surface area contributed by atoms with Gasteiger partial charge in [0.15, 0.2) is 0 Å². The summed E-state index contributed by atoms with van der Waals surface area (Å²) in [5, 5.41) is 23.8. The molecule has 1 atom stereocenters. The van der Waals surface area contributed by atoms with Crippen molar-refractivity contribution < 1.29 is 19.7 Å². The van der Waals surface area contributed by atoms with Crippen LogP contribution in [0.2, 0.25) is 0 Å². The van der Waals surface area contributed by atoms with Crippen molar-refractivity contribution in [3.8, 4) is 0 Å². The number of aliphatic hydroxyl groups is 1. The largest absolute Gasteiger partial charge is 0.465 e. The van der Waals surface area contributed by atoms with Gasteiger partial charge in [-0.2, -0.15) is 5.10 Å². The summed E-state index contributed by atoms with van der Waals surface area (Å²) in [6.07, 6.45) is 7.88. The topological polar surface area (TPSA) is 91.1 Å². The van der Waals surface area contributed by atoms with E-state index in [4.69, 9.17) is 14.9 Å². The van der Waals surface area contributed by atoms with Gasteiger partial charge in [-0.15, -0.1) is 0 Å². The molecule has 1 aliphatic carbocycles. The number of aliphatic hydroxyl groups excluding tert-OH is 1. The van der Waals surface area contributed by atoms with Crippen LogP contribution in [0.1, 0.15) is 68.3 Å². The minimum atomic E-state index is -0.905. The van der Waals surface area contributed by atoms with E-state index in [0.29, 0.717) is 19.0 Å². The third-order valence-electron chi connectivity index (χ3n) is 5.96. The van der Waals surface area contributed by atoms with E-state index in [1.807, 2.05) is 11.7 Å². The van der Waals surface area contributed by atoms with Crippen LogP contribution in [0.15, 0.2) is 6.20 Å². The van der Waals surface area contributed by atoms with Crippen molar-refractivity contribution in [2.45, 2.75) is 69.7 Å². The van der Waals surface area contributed by atoms with E-state index in [1.165, 1.54) is 10.5 Å². The Morgan fingerprint density at radius 1 is 1.21 bits per heavy atom. The molecule has 1 aromatic rings.